The van der Waals surface area contributed by atoms with Gasteiger partial charge in [-0.15, -0.1) is 24.0 Å². The molecule has 0 spiro atoms. The molecule has 0 radical (unpaired) electrons. The molecular weight excluding hydrogens is 241 g/mol. The first-order chi connectivity index (χ1) is 7.35. The van der Waals surface area contributed by atoms with Crippen LogP contribution in [0.4, 0.5) is 0 Å². The van der Waals surface area contributed by atoms with Gasteiger partial charge in [0.15, 0.2) is 0 Å². The van der Waals surface area contributed by atoms with Crippen LogP contribution in [-0.4, -0.2) is 19.5 Å². The highest BCUT2D eigenvalue weighted by molar-refractivity contribution is 6.17. The zero-order valence-electron chi connectivity index (χ0n) is 10.2. The standard InChI is InChI=1S/C10H15N.C3H7Cl.ClH/c1-11-9-5-8-10-6-3-2-4-7-10;1-2-3-4;/h2-4,6-7,11H,5,8-9H2,1H3;2-3H2,1H3;1H. The lowest BCUT2D eigenvalue weighted by atomic mass is 10.1. The van der Waals surface area contributed by atoms with Gasteiger partial charge in [0, 0.05) is 5.88 Å². The Morgan fingerprint density at radius 3 is 2.19 bits per heavy atom. The van der Waals surface area contributed by atoms with E-state index in [4.69, 9.17) is 11.6 Å². The molecule has 1 aromatic rings. The molecule has 0 atom stereocenters. The molecule has 0 bridgehead atoms. The number of halogens is 2. The number of hydrogen-bond donors (Lipinski definition) is 1. The molecule has 1 nitrogen and oxygen atoms in total. The molecule has 0 aliphatic carbocycles. The lowest BCUT2D eigenvalue weighted by Crippen LogP contribution is -2.08. The Bertz CT molecular complexity index is 212. The van der Waals surface area contributed by atoms with E-state index in [0.29, 0.717) is 0 Å². The Morgan fingerprint density at radius 1 is 1.19 bits per heavy atom. The van der Waals surface area contributed by atoms with E-state index in [1.54, 1.807) is 0 Å². The Balaban J connectivity index is 0. The zero-order valence-corrected chi connectivity index (χ0v) is 11.8. The first-order valence-corrected chi connectivity index (χ1v) is 6.13. The van der Waals surface area contributed by atoms with E-state index in [2.05, 4.69) is 35.6 Å². The molecule has 16 heavy (non-hydrogen) atoms. The minimum Gasteiger partial charge on any atom is -0.320 e. The van der Waals surface area contributed by atoms with E-state index in [1.165, 1.54) is 18.4 Å². The summed E-state index contributed by atoms with van der Waals surface area (Å²) in [4.78, 5) is 0. The van der Waals surface area contributed by atoms with Crippen molar-refractivity contribution >= 4 is 24.0 Å². The maximum atomic E-state index is 5.19. The Labute approximate surface area is 111 Å². The molecule has 0 aliphatic heterocycles. The molecule has 0 aliphatic rings. The summed E-state index contributed by atoms with van der Waals surface area (Å²) in [7, 11) is 1.99. The van der Waals surface area contributed by atoms with Gasteiger partial charge in [-0.2, -0.15) is 0 Å². The van der Waals surface area contributed by atoms with E-state index < -0.39 is 0 Å². The molecule has 0 saturated carbocycles. The molecule has 0 saturated heterocycles. The predicted octanol–water partition coefficient (Wildman–Crippen LogP) is 3.90. The van der Waals surface area contributed by atoms with Gasteiger partial charge >= 0.3 is 0 Å². The van der Waals surface area contributed by atoms with Crippen molar-refractivity contribution < 1.29 is 0 Å². The average Bonchev–Trinajstić information content (AvgIpc) is 2.31. The fraction of sp³-hybridized carbons (Fsp3) is 0.538. The van der Waals surface area contributed by atoms with Crippen LogP contribution in [-0.2, 0) is 6.42 Å². The molecule has 0 aromatic heterocycles. The van der Waals surface area contributed by atoms with Crippen LogP contribution in [0.1, 0.15) is 25.3 Å². The fourth-order valence-electron chi connectivity index (χ4n) is 1.11. The number of aryl methyl sites for hydroxylation is 1. The first kappa shape index (κ1) is 18.1. The smallest absolute Gasteiger partial charge is 0.0220 e. The largest absolute Gasteiger partial charge is 0.320 e. The lowest BCUT2D eigenvalue weighted by molar-refractivity contribution is 0.725. The maximum Gasteiger partial charge on any atom is 0.0220 e. The third-order valence-electron chi connectivity index (χ3n) is 1.92. The topological polar surface area (TPSA) is 12.0 Å². The van der Waals surface area contributed by atoms with Crippen molar-refractivity contribution in [2.24, 2.45) is 0 Å². The number of nitrogens with one attached hydrogen (secondary N) is 1. The summed E-state index contributed by atoms with van der Waals surface area (Å²) in [5.41, 5.74) is 1.43. The van der Waals surface area contributed by atoms with Gasteiger partial charge in [0.05, 0.1) is 0 Å². The average molecular weight is 264 g/mol. The summed E-state index contributed by atoms with van der Waals surface area (Å²) in [6.07, 6.45) is 3.49. The highest BCUT2D eigenvalue weighted by atomic mass is 35.5. The van der Waals surface area contributed by atoms with Gasteiger partial charge < -0.3 is 5.32 Å². The second-order valence-corrected chi connectivity index (χ2v) is 3.76. The first-order valence-electron chi connectivity index (χ1n) is 5.59. The maximum absolute atomic E-state index is 5.19. The van der Waals surface area contributed by atoms with E-state index >= 15 is 0 Å². The third kappa shape index (κ3) is 11.8. The van der Waals surface area contributed by atoms with Crippen LogP contribution in [0, 0.1) is 0 Å². The highest BCUT2D eigenvalue weighted by Crippen LogP contribution is 2.00. The number of alkyl halides is 1. The second-order valence-electron chi connectivity index (χ2n) is 3.38. The van der Waals surface area contributed by atoms with Gasteiger partial charge in [-0.3, -0.25) is 0 Å². The van der Waals surface area contributed by atoms with E-state index in [9.17, 15) is 0 Å². The molecular formula is C13H23Cl2N. The van der Waals surface area contributed by atoms with Gasteiger partial charge in [-0.1, -0.05) is 37.3 Å². The van der Waals surface area contributed by atoms with Gasteiger partial charge in [0.25, 0.3) is 0 Å². The van der Waals surface area contributed by atoms with Gasteiger partial charge in [0.1, 0.15) is 0 Å². The molecule has 0 fully saturated rings. The highest BCUT2D eigenvalue weighted by Gasteiger charge is 1.88. The van der Waals surface area contributed by atoms with Crippen LogP contribution < -0.4 is 5.32 Å². The Kier molecular flexibility index (Phi) is 16.7. The van der Waals surface area contributed by atoms with Crippen LogP contribution in [0.5, 0.6) is 0 Å². The zero-order chi connectivity index (χ0) is 11.4. The van der Waals surface area contributed by atoms with Gasteiger partial charge in [-0.05, 0) is 38.4 Å². The molecule has 0 amide bonds. The molecule has 1 N–H and O–H groups in total. The van der Waals surface area contributed by atoms with Crippen molar-refractivity contribution in [1.29, 1.82) is 0 Å². The molecule has 0 heterocycles. The van der Waals surface area contributed by atoms with Crippen LogP contribution in [0.15, 0.2) is 30.3 Å². The molecule has 94 valence electrons. The predicted molar refractivity (Wildman–Crippen MR) is 76.9 cm³/mol. The minimum atomic E-state index is 0. The Morgan fingerprint density at radius 2 is 1.75 bits per heavy atom. The van der Waals surface area contributed by atoms with Gasteiger partial charge in [-0.25, -0.2) is 0 Å². The van der Waals surface area contributed by atoms with Crippen molar-refractivity contribution in [3.63, 3.8) is 0 Å². The third-order valence-corrected chi connectivity index (χ3v) is 2.30. The fourth-order valence-corrected chi connectivity index (χ4v) is 1.11. The van der Waals surface area contributed by atoms with Gasteiger partial charge in [0.2, 0.25) is 0 Å². The summed E-state index contributed by atoms with van der Waals surface area (Å²) in [6, 6.07) is 10.6. The quantitative estimate of drug-likeness (QED) is 0.628. The van der Waals surface area contributed by atoms with Crippen molar-refractivity contribution in [3.05, 3.63) is 35.9 Å². The summed E-state index contributed by atoms with van der Waals surface area (Å²) < 4.78 is 0. The second kappa shape index (κ2) is 14.8. The molecule has 0 unspecified atom stereocenters. The molecule has 1 rings (SSSR count). The molecule has 1 aromatic carbocycles. The van der Waals surface area contributed by atoms with E-state index in [-0.39, 0.29) is 12.4 Å². The Hall–Kier alpha value is -0.240. The monoisotopic (exact) mass is 263 g/mol. The van der Waals surface area contributed by atoms with Crippen molar-refractivity contribution in [2.45, 2.75) is 26.2 Å². The van der Waals surface area contributed by atoms with Crippen LogP contribution in [0.2, 0.25) is 0 Å². The summed E-state index contributed by atoms with van der Waals surface area (Å²) in [6.45, 7) is 3.15. The van der Waals surface area contributed by atoms with Crippen LogP contribution in [0.3, 0.4) is 0 Å². The number of benzene rings is 1. The van der Waals surface area contributed by atoms with E-state index in [0.717, 1.165) is 18.8 Å². The van der Waals surface area contributed by atoms with E-state index in [1.807, 2.05) is 14.0 Å². The van der Waals surface area contributed by atoms with Crippen LogP contribution >= 0.6 is 24.0 Å². The number of hydrogen-bond acceptors (Lipinski definition) is 1. The minimum absolute atomic E-state index is 0. The normalized spacial score (nSPS) is 8.69. The van der Waals surface area contributed by atoms with Crippen molar-refractivity contribution in [3.8, 4) is 0 Å². The van der Waals surface area contributed by atoms with Crippen molar-refractivity contribution in [2.75, 3.05) is 19.5 Å². The summed E-state index contributed by atoms with van der Waals surface area (Å²) in [5.74, 6) is 0.792. The van der Waals surface area contributed by atoms with Crippen molar-refractivity contribution in [1.82, 2.24) is 5.32 Å². The molecule has 3 heteroatoms. The number of rotatable bonds is 5. The summed E-state index contributed by atoms with van der Waals surface area (Å²) in [5, 5.41) is 3.14. The lowest BCUT2D eigenvalue weighted by Gasteiger charge is -1.99. The SMILES string of the molecule is CCCCl.CNCCCc1ccccc1.Cl. The van der Waals surface area contributed by atoms with Crippen LogP contribution in [0.25, 0.3) is 0 Å². The summed E-state index contributed by atoms with van der Waals surface area (Å²) >= 11 is 5.19.